The Morgan fingerprint density at radius 2 is 2.05 bits per heavy atom. The highest BCUT2D eigenvalue weighted by Gasteiger charge is 2.46. The van der Waals surface area contributed by atoms with Gasteiger partial charge < -0.3 is 5.32 Å². The molecule has 2 aliphatic rings. The number of halogens is 1. The van der Waals surface area contributed by atoms with Gasteiger partial charge in [-0.25, -0.2) is 4.39 Å². The quantitative estimate of drug-likeness (QED) is 0.911. The molecule has 20 heavy (non-hydrogen) atoms. The zero-order valence-electron chi connectivity index (χ0n) is 12.7. The highest BCUT2D eigenvalue weighted by Crippen LogP contribution is 2.42. The first-order valence-electron chi connectivity index (χ1n) is 7.76. The van der Waals surface area contributed by atoms with Gasteiger partial charge in [0.15, 0.2) is 0 Å². The van der Waals surface area contributed by atoms with Crippen molar-refractivity contribution >= 4 is 0 Å². The Kier molecular flexibility index (Phi) is 3.59. The molecule has 3 atom stereocenters. The fraction of sp³-hybridized carbons (Fsp3) is 0.647. The number of piperazine rings is 1. The third-order valence-electron chi connectivity index (χ3n) is 5.21. The third kappa shape index (κ3) is 2.49. The maximum absolute atomic E-state index is 14.0. The zero-order valence-corrected chi connectivity index (χ0v) is 12.7. The smallest absolute Gasteiger partial charge is 0.127 e. The van der Waals surface area contributed by atoms with Crippen molar-refractivity contribution in [3.63, 3.8) is 0 Å². The minimum atomic E-state index is -0.0844. The van der Waals surface area contributed by atoms with E-state index in [1.165, 1.54) is 12.8 Å². The number of nitrogens with one attached hydrogen (secondary N) is 1. The van der Waals surface area contributed by atoms with Crippen molar-refractivity contribution < 1.29 is 4.39 Å². The molecule has 2 nitrogen and oxygen atoms in total. The van der Waals surface area contributed by atoms with Gasteiger partial charge >= 0.3 is 0 Å². The van der Waals surface area contributed by atoms with Crippen molar-refractivity contribution in [2.24, 2.45) is 5.92 Å². The molecule has 1 aliphatic carbocycles. The topological polar surface area (TPSA) is 15.3 Å². The van der Waals surface area contributed by atoms with Crippen LogP contribution in [0.3, 0.4) is 0 Å². The molecule has 3 unspecified atom stereocenters. The molecular formula is C17H25FN2. The molecule has 0 bridgehead atoms. The van der Waals surface area contributed by atoms with E-state index in [0.717, 1.165) is 24.6 Å². The number of benzene rings is 1. The Morgan fingerprint density at radius 1 is 1.35 bits per heavy atom. The standard InChI is InChI=1S/C17H25FN2/c1-12-10-19-17(3,14-8-9-14)11-20(12)13(2)15-6-4-5-7-16(15)18/h4-7,12-14,19H,8-11H2,1-3H3. The summed E-state index contributed by atoms with van der Waals surface area (Å²) >= 11 is 0. The van der Waals surface area contributed by atoms with E-state index in [2.05, 4.69) is 31.0 Å². The summed E-state index contributed by atoms with van der Waals surface area (Å²) < 4.78 is 14.0. The molecule has 3 heteroatoms. The largest absolute Gasteiger partial charge is 0.308 e. The van der Waals surface area contributed by atoms with E-state index < -0.39 is 0 Å². The molecule has 1 N–H and O–H groups in total. The monoisotopic (exact) mass is 276 g/mol. The number of nitrogens with zero attached hydrogens (tertiary/aromatic N) is 1. The average molecular weight is 276 g/mol. The Hall–Kier alpha value is -0.930. The summed E-state index contributed by atoms with van der Waals surface area (Å²) in [6.07, 6.45) is 2.67. The number of rotatable bonds is 3. The van der Waals surface area contributed by atoms with Crippen LogP contribution >= 0.6 is 0 Å². The van der Waals surface area contributed by atoms with Gasteiger partial charge in [0.25, 0.3) is 0 Å². The van der Waals surface area contributed by atoms with Crippen molar-refractivity contribution in [1.29, 1.82) is 0 Å². The van der Waals surface area contributed by atoms with Crippen molar-refractivity contribution in [3.05, 3.63) is 35.6 Å². The third-order valence-corrected chi connectivity index (χ3v) is 5.21. The van der Waals surface area contributed by atoms with Gasteiger partial charge in [-0.05, 0) is 45.6 Å². The van der Waals surface area contributed by atoms with Gasteiger partial charge in [0.05, 0.1) is 0 Å². The van der Waals surface area contributed by atoms with Crippen LogP contribution in [0.1, 0.15) is 45.2 Å². The van der Waals surface area contributed by atoms with Gasteiger partial charge in [-0.3, -0.25) is 4.90 Å². The second-order valence-electron chi connectivity index (χ2n) is 6.79. The van der Waals surface area contributed by atoms with Crippen LogP contribution in [-0.4, -0.2) is 29.6 Å². The van der Waals surface area contributed by atoms with Crippen molar-refractivity contribution in [1.82, 2.24) is 10.2 Å². The molecule has 0 radical (unpaired) electrons. The second kappa shape index (κ2) is 5.12. The fourth-order valence-electron chi connectivity index (χ4n) is 3.59. The molecule has 1 aromatic carbocycles. The van der Waals surface area contributed by atoms with Crippen LogP contribution in [0.2, 0.25) is 0 Å². The van der Waals surface area contributed by atoms with Gasteiger partial charge in [-0.15, -0.1) is 0 Å². The van der Waals surface area contributed by atoms with E-state index in [1.807, 2.05) is 12.1 Å². The lowest BCUT2D eigenvalue weighted by Gasteiger charge is -2.48. The minimum Gasteiger partial charge on any atom is -0.308 e. The van der Waals surface area contributed by atoms with Gasteiger partial charge in [-0.2, -0.15) is 0 Å². The fourth-order valence-corrected chi connectivity index (χ4v) is 3.59. The van der Waals surface area contributed by atoms with Gasteiger partial charge in [-0.1, -0.05) is 18.2 Å². The molecule has 0 amide bonds. The van der Waals surface area contributed by atoms with Crippen LogP contribution in [0, 0.1) is 11.7 Å². The SMILES string of the molecule is CC1CNC(C)(C2CC2)CN1C(C)c1ccccc1F. The maximum Gasteiger partial charge on any atom is 0.127 e. The summed E-state index contributed by atoms with van der Waals surface area (Å²) in [7, 11) is 0. The first-order chi connectivity index (χ1) is 9.51. The summed E-state index contributed by atoms with van der Waals surface area (Å²) in [6.45, 7) is 8.70. The Morgan fingerprint density at radius 3 is 2.70 bits per heavy atom. The normalized spacial score (nSPS) is 33.1. The summed E-state index contributed by atoms with van der Waals surface area (Å²) in [5.41, 5.74) is 1.02. The Balaban J connectivity index is 1.82. The van der Waals surface area contributed by atoms with Crippen LogP contribution in [-0.2, 0) is 0 Å². The Bertz CT molecular complexity index is 486. The molecule has 1 saturated heterocycles. The lowest BCUT2D eigenvalue weighted by molar-refractivity contribution is 0.0505. The van der Waals surface area contributed by atoms with Gasteiger partial charge in [0.1, 0.15) is 5.82 Å². The van der Waals surface area contributed by atoms with E-state index >= 15 is 0 Å². The predicted molar refractivity (Wildman–Crippen MR) is 80.1 cm³/mol. The molecule has 1 aliphatic heterocycles. The molecule has 0 spiro atoms. The predicted octanol–water partition coefficient (Wildman–Crippen LogP) is 3.35. The molecule has 2 fully saturated rings. The van der Waals surface area contributed by atoms with Crippen molar-refractivity contribution in [3.8, 4) is 0 Å². The van der Waals surface area contributed by atoms with Crippen molar-refractivity contribution in [2.45, 2.75) is 51.2 Å². The Labute approximate surface area is 121 Å². The van der Waals surface area contributed by atoms with E-state index in [4.69, 9.17) is 0 Å². The van der Waals surface area contributed by atoms with Crippen molar-refractivity contribution in [2.75, 3.05) is 13.1 Å². The van der Waals surface area contributed by atoms with E-state index in [-0.39, 0.29) is 17.4 Å². The van der Waals surface area contributed by atoms with Crippen LogP contribution < -0.4 is 5.32 Å². The van der Waals surface area contributed by atoms with Crippen LogP contribution in [0.5, 0.6) is 0 Å². The molecule has 0 aromatic heterocycles. The summed E-state index contributed by atoms with van der Waals surface area (Å²) in [6, 6.07) is 7.76. The van der Waals surface area contributed by atoms with Gasteiger partial charge in [0.2, 0.25) is 0 Å². The first-order valence-corrected chi connectivity index (χ1v) is 7.76. The molecule has 3 rings (SSSR count). The van der Waals surface area contributed by atoms with E-state index in [1.54, 1.807) is 12.1 Å². The zero-order chi connectivity index (χ0) is 14.3. The summed E-state index contributed by atoms with van der Waals surface area (Å²) in [4.78, 5) is 2.47. The first kappa shape index (κ1) is 14.0. The van der Waals surface area contributed by atoms with Crippen LogP contribution in [0.4, 0.5) is 4.39 Å². The molecule has 1 saturated carbocycles. The van der Waals surface area contributed by atoms with Crippen LogP contribution in [0.15, 0.2) is 24.3 Å². The number of hydrogen-bond acceptors (Lipinski definition) is 2. The molecular weight excluding hydrogens is 251 g/mol. The maximum atomic E-state index is 14.0. The second-order valence-corrected chi connectivity index (χ2v) is 6.79. The van der Waals surface area contributed by atoms with E-state index in [0.29, 0.717) is 6.04 Å². The van der Waals surface area contributed by atoms with Crippen LogP contribution in [0.25, 0.3) is 0 Å². The number of hydrogen-bond donors (Lipinski definition) is 1. The lowest BCUT2D eigenvalue weighted by atomic mass is 9.89. The highest BCUT2D eigenvalue weighted by atomic mass is 19.1. The minimum absolute atomic E-state index is 0.0844. The molecule has 1 heterocycles. The van der Waals surface area contributed by atoms with Gasteiger partial charge in [0, 0.05) is 36.3 Å². The lowest BCUT2D eigenvalue weighted by Crippen LogP contribution is -2.63. The highest BCUT2D eigenvalue weighted by molar-refractivity contribution is 5.21. The molecule has 1 aromatic rings. The summed E-state index contributed by atoms with van der Waals surface area (Å²) in [5, 5.41) is 3.72. The molecule has 110 valence electrons. The van der Waals surface area contributed by atoms with E-state index in [9.17, 15) is 4.39 Å². The summed E-state index contributed by atoms with van der Waals surface area (Å²) in [5.74, 6) is 0.712. The average Bonchev–Trinajstić information content (AvgIpc) is 3.26.